The molecule has 8 nitrogen and oxygen atoms in total. The fourth-order valence-electron chi connectivity index (χ4n) is 3.09. The van der Waals surface area contributed by atoms with Crippen LogP contribution in [0.1, 0.15) is 0 Å². The van der Waals surface area contributed by atoms with Crippen LogP contribution in [0.5, 0.6) is 0 Å². The van der Waals surface area contributed by atoms with Crippen molar-refractivity contribution in [3.05, 3.63) is 38.4 Å². The first-order chi connectivity index (χ1) is 9.56. The zero-order chi connectivity index (χ0) is 14.3. The average molecular weight is 278 g/mol. The molecule has 0 bridgehead atoms. The largest absolute Gasteiger partial charge is 0.365 e. The van der Waals surface area contributed by atoms with Crippen molar-refractivity contribution >= 4 is 17.1 Å². The highest BCUT2D eigenvalue weighted by molar-refractivity contribution is 5.67. The molecule has 3 rings (SSSR count). The van der Waals surface area contributed by atoms with Crippen molar-refractivity contribution in [2.24, 2.45) is 11.8 Å². The minimum absolute atomic E-state index is 0.188. The van der Waals surface area contributed by atoms with Gasteiger partial charge in [0.05, 0.1) is 15.9 Å². The van der Waals surface area contributed by atoms with E-state index in [9.17, 15) is 20.2 Å². The summed E-state index contributed by atoms with van der Waals surface area (Å²) in [6, 6.07) is 3.86. The molecule has 20 heavy (non-hydrogen) atoms. The van der Waals surface area contributed by atoms with Crippen LogP contribution in [0.4, 0.5) is 17.1 Å². The monoisotopic (exact) mass is 278 g/mol. The third-order valence-electron chi connectivity index (χ3n) is 4.10. The van der Waals surface area contributed by atoms with Gasteiger partial charge in [-0.15, -0.1) is 0 Å². The highest BCUT2D eigenvalue weighted by atomic mass is 16.6. The summed E-state index contributed by atoms with van der Waals surface area (Å²) < 4.78 is 0. The van der Waals surface area contributed by atoms with Crippen LogP contribution in [-0.2, 0) is 0 Å². The number of nitrogens with zero attached hydrogens (tertiary/aromatic N) is 3. The summed E-state index contributed by atoms with van der Waals surface area (Å²) >= 11 is 0. The first-order valence-electron chi connectivity index (χ1n) is 6.45. The second-order valence-electron chi connectivity index (χ2n) is 5.27. The van der Waals surface area contributed by atoms with Crippen molar-refractivity contribution in [1.29, 1.82) is 0 Å². The molecule has 2 heterocycles. The van der Waals surface area contributed by atoms with Gasteiger partial charge in [-0.2, -0.15) is 0 Å². The van der Waals surface area contributed by atoms with Crippen LogP contribution >= 0.6 is 0 Å². The van der Waals surface area contributed by atoms with Gasteiger partial charge in [0.25, 0.3) is 11.4 Å². The highest BCUT2D eigenvalue weighted by Crippen LogP contribution is 2.37. The van der Waals surface area contributed by atoms with Gasteiger partial charge in [0.2, 0.25) is 0 Å². The van der Waals surface area contributed by atoms with E-state index in [1.165, 1.54) is 12.1 Å². The molecule has 1 aromatic carbocycles. The van der Waals surface area contributed by atoms with Crippen molar-refractivity contribution < 1.29 is 9.85 Å². The number of benzene rings is 1. The van der Waals surface area contributed by atoms with E-state index >= 15 is 0 Å². The van der Waals surface area contributed by atoms with Gasteiger partial charge < -0.3 is 10.2 Å². The SMILES string of the molecule is O=[N+]([O-])c1ccc(N2CC3CNCC3C2)c([N+](=O)[O-])c1. The molecule has 0 aromatic heterocycles. The molecule has 0 aliphatic carbocycles. The maximum atomic E-state index is 11.1. The average Bonchev–Trinajstić information content (AvgIpc) is 2.98. The summed E-state index contributed by atoms with van der Waals surface area (Å²) in [5, 5.41) is 25.2. The van der Waals surface area contributed by atoms with Gasteiger partial charge in [-0.05, 0) is 17.9 Å². The van der Waals surface area contributed by atoms with Crippen molar-refractivity contribution in [2.45, 2.75) is 0 Å². The fraction of sp³-hybridized carbons (Fsp3) is 0.500. The number of non-ortho nitro benzene ring substituents is 1. The van der Waals surface area contributed by atoms with E-state index in [1.807, 2.05) is 4.90 Å². The van der Waals surface area contributed by atoms with Crippen LogP contribution in [0.2, 0.25) is 0 Å². The number of hydrogen-bond donors (Lipinski definition) is 1. The van der Waals surface area contributed by atoms with E-state index in [1.54, 1.807) is 0 Å². The Kier molecular flexibility index (Phi) is 3.01. The molecule has 2 atom stereocenters. The van der Waals surface area contributed by atoms with E-state index in [2.05, 4.69) is 5.32 Å². The lowest BCUT2D eigenvalue weighted by molar-refractivity contribution is -0.393. The number of fused-ring (bicyclic) bond motifs is 1. The second-order valence-corrected chi connectivity index (χ2v) is 5.27. The summed E-state index contributed by atoms with van der Waals surface area (Å²) in [4.78, 5) is 22.7. The zero-order valence-corrected chi connectivity index (χ0v) is 10.7. The molecule has 2 aliphatic heterocycles. The van der Waals surface area contributed by atoms with Crippen molar-refractivity contribution in [2.75, 3.05) is 31.1 Å². The Bertz CT molecular complexity index is 565. The molecule has 2 aliphatic rings. The van der Waals surface area contributed by atoms with Crippen LogP contribution in [0.15, 0.2) is 18.2 Å². The predicted molar refractivity (Wildman–Crippen MR) is 71.8 cm³/mol. The van der Waals surface area contributed by atoms with Crippen LogP contribution in [-0.4, -0.2) is 36.0 Å². The van der Waals surface area contributed by atoms with Gasteiger partial charge in [0.15, 0.2) is 0 Å². The molecular formula is C12H14N4O4. The second kappa shape index (κ2) is 4.71. The Morgan fingerprint density at radius 1 is 1.10 bits per heavy atom. The third-order valence-corrected chi connectivity index (χ3v) is 4.10. The first kappa shape index (κ1) is 12.8. The minimum Gasteiger partial charge on any atom is -0.365 e. The summed E-state index contributed by atoms with van der Waals surface area (Å²) in [5.41, 5.74) is 0.0450. The van der Waals surface area contributed by atoms with Crippen LogP contribution in [0.25, 0.3) is 0 Å². The normalized spacial score (nSPS) is 24.7. The van der Waals surface area contributed by atoms with E-state index in [-0.39, 0.29) is 11.4 Å². The van der Waals surface area contributed by atoms with Gasteiger partial charge in [0.1, 0.15) is 5.69 Å². The maximum absolute atomic E-state index is 11.1. The molecule has 2 saturated heterocycles. The van der Waals surface area contributed by atoms with E-state index < -0.39 is 9.85 Å². The van der Waals surface area contributed by atoms with Gasteiger partial charge in [-0.1, -0.05) is 0 Å². The zero-order valence-electron chi connectivity index (χ0n) is 10.7. The molecule has 0 saturated carbocycles. The standard InChI is InChI=1S/C12H14N4O4/c17-15(18)10-1-2-11(12(3-10)16(19)20)14-6-8-4-13-5-9(8)7-14/h1-3,8-9,13H,4-7H2. The molecule has 1 aromatic rings. The number of nitro benzene ring substituents is 2. The molecule has 1 N–H and O–H groups in total. The summed E-state index contributed by atoms with van der Waals surface area (Å²) in [7, 11) is 0. The lowest BCUT2D eigenvalue weighted by atomic mass is 10.0. The van der Waals surface area contributed by atoms with Crippen LogP contribution < -0.4 is 10.2 Å². The van der Waals surface area contributed by atoms with Gasteiger partial charge >= 0.3 is 0 Å². The number of nitrogens with one attached hydrogen (secondary N) is 1. The Hall–Kier alpha value is -2.22. The number of rotatable bonds is 3. The van der Waals surface area contributed by atoms with Crippen molar-refractivity contribution in [3.63, 3.8) is 0 Å². The topological polar surface area (TPSA) is 102 Å². The predicted octanol–water partition coefficient (Wildman–Crippen LogP) is 1.16. The van der Waals surface area contributed by atoms with Crippen LogP contribution in [0.3, 0.4) is 0 Å². The lowest BCUT2D eigenvalue weighted by Gasteiger charge is -2.19. The maximum Gasteiger partial charge on any atom is 0.299 e. The molecule has 0 radical (unpaired) electrons. The van der Waals surface area contributed by atoms with E-state index in [0.29, 0.717) is 17.5 Å². The summed E-state index contributed by atoms with van der Waals surface area (Å²) in [5.74, 6) is 1.01. The van der Waals surface area contributed by atoms with Crippen molar-refractivity contribution in [1.82, 2.24) is 5.32 Å². The van der Waals surface area contributed by atoms with Crippen molar-refractivity contribution in [3.8, 4) is 0 Å². The Morgan fingerprint density at radius 2 is 1.75 bits per heavy atom. The smallest absolute Gasteiger partial charge is 0.299 e. The molecule has 0 spiro atoms. The summed E-state index contributed by atoms with van der Waals surface area (Å²) in [6.45, 7) is 3.39. The lowest BCUT2D eigenvalue weighted by Crippen LogP contribution is -2.26. The molecule has 2 unspecified atom stereocenters. The third kappa shape index (κ3) is 2.07. The van der Waals surface area contributed by atoms with Gasteiger partial charge in [0, 0.05) is 32.2 Å². The fourth-order valence-corrected chi connectivity index (χ4v) is 3.09. The molecular weight excluding hydrogens is 264 g/mol. The quantitative estimate of drug-likeness (QED) is 0.657. The van der Waals surface area contributed by atoms with E-state index in [4.69, 9.17) is 0 Å². The Labute approximate surface area is 114 Å². The minimum atomic E-state index is -0.612. The molecule has 106 valence electrons. The van der Waals surface area contributed by atoms with Gasteiger partial charge in [-0.25, -0.2) is 0 Å². The number of anilines is 1. The number of hydrogen-bond acceptors (Lipinski definition) is 6. The van der Waals surface area contributed by atoms with E-state index in [0.717, 1.165) is 32.2 Å². The molecule has 2 fully saturated rings. The van der Waals surface area contributed by atoms with Crippen LogP contribution in [0, 0.1) is 32.1 Å². The number of nitro groups is 2. The molecule has 0 amide bonds. The molecule has 8 heteroatoms. The van der Waals surface area contributed by atoms with Gasteiger partial charge in [-0.3, -0.25) is 20.2 Å². The Morgan fingerprint density at radius 3 is 2.30 bits per heavy atom. The summed E-state index contributed by atoms with van der Waals surface area (Å²) in [6.07, 6.45) is 0. The highest BCUT2D eigenvalue weighted by Gasteiger charge is 2.38. The Balaban J connectivity index is 1.93. The first-order valence-corrected chi connectivity index (χ1v) is 6.45.